The van der Waals surface area contributed by atoms with Crippen molar-refractivity contribution >= 4 is 39.0 Å². The second-order valence-corrected chi connectivity index (χ2v) is 10.8. The predicted molar refractivity (Wildman–Crippen MR) is 117 cm³/mol. The third kappa shape index (κ3) is 4.56. The third-order valence-corrected chi connectivity index (χ3v) is 7.36. The molecular weight excluding hydrogens is 445 g/mol. The van der Waals surface area contributed by atoms with Crippen LogP contribution >= 0.6 is 11.6 Å². The number of benzene rings is 1. The molecule has 4 rings (SSSR count). The smallest absolute Gasteiger partial charge is 0.261 e. The number of nitrogen functional groups attached to an aromatic ring is 1. The number of halogens is 2. The predicted octanol–water partition coefficient (Wildman–Crippen LogP) is 2.87. The molecule has 8 nitrogen and oxygen atoms in total. The van der Waals surface area contributed by atoms with Crippen molar-refractivity contribution in [2.45, 2.75) is 37.6 Å². The van der Waals surface area contributed by atoms with Crippen LogP contribution in [-0.4, -0.2) is 36.4 Å². The Morgan fingerprint density at radius 2 is 1.90 bits per heavy atom. The van der Waals surface area contributed by atoms with Crippen molar-refractivity contribution in [1.29, 1.82) is 0 Å². The Kier molecular flexibility index (Phi) is 5.74. The topological polar surface area (TPSA) is 119 Å². The molecule has 0 spiro atoms. The lowest BCUT2D eigenvalue weighted by atomic mass is 9.95. The molecule has 4 N–H and O–H groups in total. The molecule has 2 aliphatic rings. The summed E-state index contributed by atoms with van der Waals surface area (Å²) in [4.78, 5) is 13.0. The number of carbonyl (C=O) groups is 1. The summed E-state index contributed by atoms with van der Waals surface area (Å²) in [5.74, 6) is 0.0857. The van der Waals surface area contributed by atoms with Crippen LogP contribution in [0.15, 0.2) is 18.2 Å². The third-order valence-electron chi connectivity index (χ3n) is 6.31. The van der Waals surface area contributed by atoms with Crippen molar-refractivity contribution in [2.75, 3.05) is 17.3 Å². The first-order chi connectivity index (χ1) is 14.5. The Labute approximate surface area is 185 Å². The summed E-state index contributed by atoms with van der Waals surface area (Å²) in [6, 6.07) is 3.92. The maximum Gasteiger partial charge on any atom is 0.261 e. The number of aryl methyl sites for hydroxylation is 1. The maximum absolute atomic E-state index is 13.4. The second-order valence-electron chi connectivity index (χ2n) is 8.60. The molecule has 2 unspecified atom stereocenters. The van der Waals surface area contributed by atoms with E-state index in [0.717, 1.165) is 25.7 Å². The number of fused-ring (bicyclic) bond motifs is 1. The first-order valence-corrected chi connectivity index (χ1v) is 12.3. The number of rotatable bonds is 5. The fourth-order valence-electron chi connectivity index (χ4n) is 5.08. The maximum atomic E-state index is 13.4. The summed E-state index contributed by atoms with van der Waals surface area (Å²) >= 11 is 5.81. The van der Waals surface area contributed by atoms with Crippen LogP contribution in [0.25, 0.3) is 0 Å². The highest BCUT2D eigenvalue weighted by atomic mass is 35.5. The second kappa shape index (κ2) is 8.07. The Morgan fingerprint density at radius 3 is 2.48 bits per heavy atom. The van der Waals surface area contributed by atoms with E-state index < -0.39 is 21.7 Å². The molecule has 1 aromatic carbocycles. The minimum absolute atomic E-state index is 0.0363. The van der Waals surface area contributed by atoms with Crippen molar-refractivity contribution < 1.29 is 17.6 Å². The number of nitrogens with zero attached hydrogens (tertiary/aromatic N) is 2. The molecule has 2 atom stereocenters. The molecule has 1 heterocycles. The van der Waals surface area contributed by atoms with Gasteiger partial charge in [-0.2, -0.15) is 5.10 Å². The van der Waals surface area contributed by atoms with Gasteiger partial charge in [-0.05, 0) is 55.7 Å². The summed E-state index contributed by atoms with van der Waals surface area (Å²) in [6.45, 7) is 0. The Hall–Kier alpha value is -2.17. The van der Waals surface area contributed by atoms with Crippen molar-refractivity contribution in [1.82, 2.24) is 14.5 Å². The average Bonchev–Trinajstić information content (AvgIpc) is 3.28. The van der Waals surface area contributed by atoms with Gasteiger partial charge in [-0.25, -0.2) is 17.5 Å². The van der Waals surface area contributed by atoms with Crippen molar-refractivity contribution in [3.63, 3.8) is 0 Å². The molecule has 11 heteroatoms. The van der Waals surface area contributed by atoms with Crippen LogP contribution in [-0.2, 0) is 17.1 Å². The quantitative estimate of drug-likeness (QED) is 0.622. The van der Waals surface area contributed by atoms with Crippen molar-refractivity contribution in [3.05, 3.63) is 40.3 Å². The van der Waals surface area contributed by atoms with E-state index in [1.54, 1.807) is 7.05 Å². The van der Waals surface area contributed by atoms with E-state index in [4.69, 9.17) is 17.3 Å². The molecule has 1 aromatic heterocycles. The normalized spacial score (nSPS) is 25.5. The molecule has 2 saturated carbocycles. The molecule has 2 aliphatic carbocycles. The molecule has 2 fully saturated rings. The summed E-state index contributed by atoms with van der Waals surface area (Å²) in [5.41, 5.74) is 7.49. The van der Waals surface area contributed by atoms with Crippen molar-refractivity contribution in [3.8, 4) is 0 Å². The van der Waals surface area contributed by atoms with Gasteiger partial charge in [-0.15, -0.1) is 0 Å². The Bertz CT molecular complexity index is 1120. The van der Waals surface area contributed by atoms with Gasteiger partial charge in [-0.1, -0.05) is 11.6 Å². The number of aromatic nitrogens is 2. The van der Waals surface area contributed by atoms with Gasteiger partial charge >= 0.3 is 0 Å². The number of hydrogen-bond donors (Lipinski definition) is 3. The number of nitrogens with two attached hydrogens (primary N) is 1. The van der Waals surface area contributed by atoms with Crippen LogP contribution in [0.5, 0.6) is 0 Å². The molecule has 2 aromatic rings. The number of carbonyl (C=O) groups excluding carboxylic acids is 1. The highest BCUT2D eigenvalue weighted by Crippen LogP contribution is 2.51. The van der Waals surface area contributed by atoms with Crippen LogP contribution in [0.3, 0.4) is 0 Å². The van der Waals surface area contributed by atoms with Gasteiger partial charge < -0.3 is 11.1 Å². The number of anilines is 2. The lowest BCUT2D eigenvalue weighted by Crippen LogP contribution is -2.32. The molecule has 0 aliphatic heterocycles. The van der Waals surface area contributed by atoms with Crippen LogP contribution < -0.4 is 15.8 Å². The van der Waals surface area contributed by atoms with Gasteiger partial charge in [0.2, 0.25) is 10.0 Å². The van der Waals surface area contributed by atoms with Gasteiger partial charge in [0.15, 0.2) is 0 Å². The average molecular weight is 470 g/mol. The van der Waals surface area contributed by atoms with E-state index >= 15 is 0 Å². The molecule has 31 heavy (non-hydrogen) atoms. The highest BCUT2D eigenvalue weighted by Gasteiger charge is 2.44. The minimum atomic E-state index is -3.23. The molecule has 0 saturated heterocycles. The van der Waals surface area contributed by atoms with Gasteiger partial charge in [0.1, 0.15) is 17.2 Å². The van der Waals surface area contributed by atoms with Gasteiger partial charge in [0, 0.05) is 24.7 Å². The fraction of sp³-hybridized carbons (Fsp3) is 0.500. The minimum Gasteiger partial charge on any atom is -0.383 e. The monoisotopic (exact) mass is 469 g/mol. The van der Waals surface area contributed by atoms with Crippen LogP contribution in [0.1, 0.15) is 47.7 Å². The van der Waals surface area contributed by atoms with E-state index in [0.29, 0.717) is 28.8 Å². The molecule has 1 amide bonds. The molecule has 0 bridgehead atoms. The highest BCUT2D eigenvalue weighted by molar-refractivity contribution is 7.88. The van der Waals surface area contributed by atoms with E-state index in [-0.39, 0.29) is 22.8 Å². The summed E-state index contributed by atoms with van der Waals surface area (Å²) in [7, 11) is -1.54. The van der Waals surface area contributed by atoms with Crippen molar-refractivity contribution in [2.24, 2.45) is 18.9 Å². The number of sulfonamides is 1. The Balaban J connectivity index is 1.51. The van der Waals surface area contributed by atoms with E-state index in [9.17, 15) is 17.6 Å². The number of hydrogen-bond acceptors (Lipinski definition) is 5. The Morgan fingerprint density at radius 1 is 1.26 bits per heavy atom. The standard InChI is InChI=1S/C20H25ClFN5O3S/c1-27-19(23)17(20(28)24-13-3-4-16(22)15(21)9-13)18(25-27)12-5-10-7-14(8-11(10)6-12)26-31(2,29)30/h3-4,9-12,14,26H,5-8,23H2,1-2H3,(H,24,28). The lowest BCUT2D eigenvalue weighted by molar-refractivity contribution is 0.102. The SMILES string of the molecule is Cn1nc(C2CC3CC(NS(C)(=O)=O)CC3C2)c(C(=O)Nc2ccc(F)c(Cl)c2)c1N. The summed E-state index contributed by atoms with van der Waals surface area (Å²) in [6.07, 6.45) is 4.40. The first-order valence-electron chi connectivity index (χ1n) is 10.1. The molecule has 168 valence electrons. The summed E-state index contributed by atoms with van der Waals surface area (Å²) < 4.78 is 40.7. The molecule has 0 radical (unpaired) electrons. The zero-order valence-electron chi connectivity index (χ0n) is 17.2. The first kappa shape index (κ1) is 22.0. The summed E-state index contributed by atoms with van der Waals surface area (Å²) in [5, 5.41) is 7.17. The van der Waals surface area contributed by atoms with Crippen LogP contribution in [0, 0.1) is 17.7 Å². The zero-order chi connectivity index (χ0) is 22.5. The van der Waals surface area contributed by atoms with E-state index in [1.165, 1.54) is 29.1 Å². The van der Waals surface area contributed by atoms with Gasteiger partial charge in [-0.3, -0.25) is 9.48 Å². The van der Waals surface area contributed by atoms with Crippen LogP contribution in [0.4, 0.5) is 15.9 Å². The number of nitrogens with one attached hydrogen (secondary N) is 2. The number of amides is 1. The van der Waals surface area contributed by atoms with Gasteiger partial charge in [0.05, 0.1) is 17.0 Å². The van der Waals surface area contributed by atoms with E-state index in [1.807, 2.05) is 0 Å². The van der Waals surface area contributed by atoms with Gasteiger partial charge in [0.25, 0.3) is 5.91 Å². The fourth-order valence-corrected chi connectivity index (χ4v) is 6.06. The van der Waals surface area contributed by atoms with E-state index in [2.05, 4.69) is 15.1 Å². The molecular formula is C20H25ClFN5O3S. The zero-order valence-corrected chi connectivity index (χ0v) is 18.8. The lowest BCUT2D eigenvalue weighted by Gasteiger charge is -2.15. The van der Waals surface area contributed by atoms with Crippen LogP contribution in [0.2, 0.25) is 5.02 Å². The largest absolute Gasteiger partial charge is 0.383 e.